The molecule has 0 bridgehead atoms. The minimum absolute atomic E-state index is 0. The van der Waals surface area contributed by atoms with E-state index in [2.05, 4.69) is 4.74 Å². The van der Waals surface area contributed by atoms with E-state index in [-0.39, 0.29) is 69.2 Å². The van der Waals surface area contributed by atoms with Gasteiger partial charge < -0.3 is 22.5 Å². The van der Waals surface area contributed by atoms with Crippen molar-refractivity contribution in [3.05, 3.63) is 0 Å². The first-order valence-electron chi connectivity index (χ1n) is 4.77. The normalized spacial score (nSPS) is 11.7. The summed E-state index contributed by atoms with van der Waals surface area (Å²) in [5.74, 6) is 0. The molecule has 0 radical (unpaired) electrons. The Morgan fingerprint density at radius 2 is 1.75 bits per heavy atom. The summed E-state index contributed by atoms with van der Waals surface area (Å²) in [6.07, 6.45) is -1.09. The van der Waals surface area contributed by atoms with Crippen molar-refractivity contribution >= 4 is 13.2 Å². The van der Waals surface area contributed by atoms with Crippen molar-refractivity contribution in [2.75, 3.05) is 6.54 Å². The molecule has 16 heavy (non-hydrogen) atoms. The van der Waals surface area contributed by atoms with Crippen LogP contribution in [0.25, 0.3) is 0 Å². The first-order chi connectivity index (χ1) is 6.58. The fourth-order valence-electron chi connectivity index (χ4n) is 0.919. The summed E-state index contributed by atoms with van der Waals surface area (Å²) in [5, 5.41) is 0. The van der Waals surface area contributed by atoms with Crippen LogP contribution in [0.4, 0.5) is 17.7 Å². The van der Waals surface area contributed by atoms with Gasteiger partial charge in [-0.15, -0.1) is 0 Å². The van der Waals surface area contributed by atoms with Gasteiger partial charge in [-0.05, 0) is 33.7 Å². The molecule has 0 aliphatic carbocycles. The third kappa shape index (κ3) is 7.94. The van der Waals surface area contributed by atoms with Gasteiger partial charge in [0.2, 0.25) is 0 Å². The Kier molecular flexibility index (Phi) is 8.66. The molecule has 0 spiro atoms. The van der Waals surface area contributed by atoms with Crippen LogP contribution in [0.2, 0.25) is 0 Å². The summed E-state index contributed by atoms with van der Waals surface area (Å²) in [6, 6.07) is 0. The molecule has 90 valence electrons. The average molecular weight is 265 g/mol. The van der Waals surface area contributed by atoms with Crippen LogP contribution in [0.3, 0.4) is 0 Å². The second kappa shape index (κ2) is 7.25. The van der Waals surface area contributed by atoms with Crippen molar-refractivity contribution in [1.29, 1.82) is 0 Å². The first kappa shape index (κ1) is 19.1. The Morgan fingerprint density at radius 3 is 2.00 bits per heavy atom. The van der Waals surface area contributed by atoms with Gasteiger partial charge in [-0.1, -0.05) is 6.92 Å². The molecule has 0 aromatic carbocycles. The van der Waals surface area contributed by atoms with Gasteiger partial charge in [0.1, 0.15) is 5.60 Å². The zero-order chi connectivity index (χ0) is 12.3. The monoisotopic (exact) mass is 265 g/mol. The SMILES string of the molecule is CCCN(C(=O)OC(C)(C)C)[B-](F)(F)F.[K+]. The van der Waals surface area contributed by atoms with Crippen molar-refractivity contribution in [2.45, 2.75) is 39.7 Å². The molecule has 1 amide bonds. The predicted molar refractivity (Wildman–Crippen MR) is 52.3 cm³/mol. The second-order valence-electron chi connectivity index (χ2n) is 4.21. The summed E-state index contributed by atoms with van der Waals surface area (Å²) in [5.41, 5.74) is -0.912. The summed E-state index contributed by atoms with van der Waals surface area (Å²) in [7, 11) is -5.33. The van der Waals surface area contributed by atoms with Gasteiger partial charge >= 0.3 is 64.6 Å². The van der Waals surface area contributed by atoms with Crippen LogP contribution in [-0.2, 0) is 4.74 Å². The average Bonchev–Trinajstić information content (AvgIpc) is 1.93. The maximum absolute atomic E-state index is 12.4. The third-order valence-corrected chi connectivity index (χ3v) is 1.45. The Balaban J connectivity index is 0. The Morgan fingerprint density at radius 1 is 1.31 bits per heavy atom. The van der Waals surface area contributed by atoms with Crippen LogP contribution in [0, 0.1) is 0 Å². The molecular weight excluding hydrogens is 249 g/mol. The molecule has 0 saturated heterocycles. The largest absolute Gasteiger partial charge is 1.00 e. The van der Waals surface area contributed by atoms with E-state index in [1.54, 1.807) is 6.92 Å². The van der Waals surface area contributed by atoms with Crippen LogP contribution in [-0.4, -0.2) is 30.2 Å². The van der Waals surface area contributed by atoms with Crippen molar-refractivity contribution in [2.24, 2.45) is 0 Å². The van der Waals surface area contributed by atoms with Crippen molar-refractivity contribution < 1.29 is 73.9 Å². The second-order valence-corrected chi connectivity index (χ2v) is 4.21. The van der Waals surface area contributed by atoms with Gasteiger partial charge in [0.25, 0.3) is 0 Å². The smallest absolute Gasteiger partial charge is 0.446 e. The van der Waals surface area contributed by atoms with E-state index < -0.39 is 18.8 Å². The molecular formula is C8H16BF3KNO2. The first-order valence-corrected chi connectivity index (χ1v) is 4.77. The maximum Gasteiger partial charge on any atom is 1.00 e. The number of amides is 1. The standard InChI is InChI=1S/C8H16BF3NO2.K/c1-5-6-13(9(10,11)12)7(14)15-8(2,3)4;/h5-6H2,1-4H3;/q-1;+1. The van der Waals surface area contributed by atoms with Gasteiger partial charge in [0.15, 0.2) is 0 Å². The number of hydrogen-bond donors (Lipinski definition) is 0. The molecule has 8 heteroatoms. The number of carbonyl (C=O) groups is 1. The Labute approximate surface area is 137 Å². The van der Waals surface area contributed by atoms with E-state index in [9.17, 15) is 17.7 Å². The molecule has 0 N–H and O–H groups in total. The molecule has 0 aromatic rings. The molecule has 3 nitrogen and oxygen atoms in total. The van der Waals surface area contributed by atoms with Gasteiger partial charge in [0.05, 0.1) is 0 Å². The van der Waals surface area contributed by atoms with E-state index in [0.29, 0.717) is 0 Å². The third-order valence-electron chi connectivity index (χ3n) is 1.45. The van der Waals surface area contributed by atoms with Crippen LogP contribution in [0.15, 0.2) is 0 Å². The molecule has 0 unspecified atom stereocenters. The van der Waals surface area contributed by atoms with Crippen molar-refractivity contribution in [3.8, 4) is 0 Å². The fraction of sp³-hybridized carbons (Fsp3) is 0.875. The van der Waals surface area contributed by atoms with E-state index in [1.165, 1.54) is 20.8 Å². The number of halogens is 3. The molecule has 0 fully saturated rings. The van der Waals surface area contributed by atoms with E-state index in [0.717, 1.165) is 0 Å². The van der Waals surface area contributed by atoms with Crippen LogP contribution in [0.5, 0.6) is 0 Å². The predicted octanol–water partition coefficient (Wildman–Crippen LogP) is -0.0184. The molecule has 0 aliphatic rings. The van der Waals surface area contributed by atoms with E-state index >= 15 is 0 Å². The van der Waals surface area contributed by atoms with Gasteiger partial charge in [-0.25, -0.2) is 4.79 Å². The quantitative estimate of drug-likeness (QED) is 0.671. The van der Waals surface area contributed by atoms with Crippen LogP contribution < -0.4 is 51.4 Å². The number of rotatable bonds is 3. The molecule has 0 saturated carbocycles. The summed E-state index contributed by atoms with van der Waals surface area (Å²) >= 11 is 0. The van der Waals surface area contributed by atoms with E-state index in [4.69, 9.17) is 0 Å². The maximum atomic E-state index is 12.4. The van der Waals surface area contributed by atoms with E-state index in [1.807, 2.05) is 0 Å². The Bertz CT molecular complexity index is 230. The molecule has 0 heterocycles. The van der Waals surface area contributed by atoms with Crippen molar-refractivity contribution in [3.63, 3.8) is 0 Å². The van der Waals surface area contributed by atoms with Gasteiger partial charge in [0, 0.05) is 0 Å². The summed E-state index contributed by atoms with van der Waals surface area (Å²) in [6.45, 7) is 5.78. The fourth-order valence-corrected chi connectivity index (χ4v) is 0.919. The zero-order valence-corrected chi connectivity index (χ0v) is 13.5. The van der Waals surface area contributed by atoms with Gasteiger partial charge in [-0.3, -0.25) is 0 Å². The molecule has 0 atom stereocenters. The summed E-state index contributed by atoms with van der Waals surface area (Å²) < 4.78 is 41.9. The Hall–Kier alpha value is 0.761. The molecule has 0 aliphatic heterocycles. The van der Waals surface area contributed by atoms with Crippen LogP contribution >= 0.6 is 0 Å². The number of carbonyl (C=O) groups excluding carboxylic acids is 1. The molecule has 0 aromatic heterocycles. The van der Waals surface area contributed by atoms with Crippen molar-refractivity contribution in [1.82, 2.24) is 4.81 Å². The topological polar surface area (TPSA) is 29.5 Å². The van der Waals surface area contributed by atoms with Gasteiger partial charge in [-0.2, -0.15) is 0 Å². The number of ether oxygens (including phenoxy) is 1. The zero-order valence-electron chi connectivity index (χ0n) is 10.4. The minimum atomic E-state index is -5.33. The number of nitrogens with zero attached hydrogens (tertiary/aromatic N) is 1. The minimum Gasteiger partial charge on any atom is -0.446 e. The molecule has 0 rings (SSSR count). The van der Waals surface area contributed by atoms with Crippen LogP contribution in [0.1, 0.15) is 34.1 Å². The number of hydrogen-bond acceptors (Lipinski definition) is 2. The summed E-state index contributed by atoms with van der Waals surface area (Å²) in [4.78, 5) is 11.0.